The van der Waals surface area contributed by atoms with Crippen molar-refractivity contribution in [3.05, 3.63) is 35.6 Å². The molecule has 0 spiro atoms. The number of amides is 1. The standard InChI is InChI=1S/C16H26FN3O/c1-20(2)13-3-10-19-16(21)9-12-18-11-8-14-4-6-15(17)7-5-14/h4-7,18H,3,8-13H2,1-2H3,(H,19,21). The van der Waals surface area contributed by atoms with E-state index in [1.54, 1.807) is 12.1 Å². The van der Waals surface area contributed by atoms with Crippen LogP contribution in [0.4, 0.5) is 4.39 Å². The van der Waals surface area contributed by atoms with E-state index in [9.17, 15) is 9.18 Å². The van der Waals surface area contributed by atoms with Crippen LogP contribution in [-0.2, 0) is 11.2 Å². The summed E-state index contributed by atoms with van der Waals surface area (Å²) in [5, 5.41) is 6.13. The van der Waals surface area contributed by atoms with Gasteiger partial charge >= 0.3 is 0 Å². The molecule has 1 rings (SSSR count). The van der Waals surface area contributed by atoms with E-state index in [4.69, 9.17) is 0 Å². The largest absolute Gasteiger partial charge is 0.356 e. The van der Waals surface area contributed by atoms with E-state index in [0.29, 0.717) is 13.0 Å². The van der Waals surface area contributed by atoms with Crippen LogP contribution in [0, 0.1) is 5.82 Å². The predicted molar refractivity (Wildman–Crippen MR) is 83.8 cm³/mol. The molecule has 0 aliphatic carbocycles. The number of hydrogen-bond donors (Lipinski definition) is 2. The Bertz CT molecular complexity index is 406. The zero-order chi connectivity index (χ0) is 15.5. The Balaban J connectivity index is 1.98. The molecule has 0 aliphatic rings. The van der Waals surface area contributed by atoms with Crippen LogP contribution in [0.1, 0.15) is 18.4 Å². The third kappa shape index (κ3) is 9.15. The average Bonchev–Trinajstić information content (AvgIpc) is 2.45. The molecule has 0 bridgehead atoms. The number of nitrogens with one attached hydrogen (secondary N) is 2. The van der Waals surface area contributed by atoms with Gasteiger partial charge in [-0.2, -0.15) is 0 Å². The molecule has 1 aromatic carbocycles. The highest BCUT2D eigenvalue weighted by atomic mass is 19.1. The minimum absolute atomic E-state index is 0.0861. The SMILES string of the molecule is CN(C)CCCNC(=O)CCNCCc1ccc(F)cc1. The maximum absolute atomic E-state index is 12.7. The van der Waals surface area contributed by atoms with Gasteiger partial charge in [0, 0.05) is 19.5 Å². The number of rotatable bonds is 10. The molecule has 0 saturated carbocycles. The van der Waals surface area contributed by atoms with Crippen molar-refractivity contribution in [2.75, 3.05) is 40.3 Å². The third-order valence-corrected chi connectivity index (χ3v) is 3.14. The van der Waals surface area contributed by atoms with E-state index in [1.165, 1.54) is 12.1 Å². The lowest BCUT2D eigenvalue weighted by Gasteiger charge is -2.10. The number of carbonyl (C=O) groups is 1. The van der Waals surface area contributed by atoms with Crippen LogP contribution in [-0.4, -0.2) is 51.1 Å². The van der Waals surface area contributed by atoms with Gasteiger partial charge in [0.25, 0.3) is 0 Å². The quantitative estimate of drug-likeness (QED) is 0.642. The van der Waals surface area contributed by atoms with Gasteiger partial charge in [0.2, 0.25) is 5.91 Å². The lowest BCUT2D eigenvalue weighted by Crippen LogP contribution is -2.30. The smallest absolute Gasteiger partial charge is 0.221 e. The fourth-order valence-corrected chi connectivity index (χ4v) is 1.92. The number of hydrogen-bond acceptors (Lipinski definition) is 3. The van der Waals surface area contributed by atoms with Gasteiger partial charge in [-0.3, -0.25) is 4.79 Å². The second-order valence-electron chi connectivity index (χ2n) is 5.38. The number of benzene rings is 1. The van der Waals surface area contributed by atoms with E-state index in [1.807, 2.05) is 14.1 Å². The van der Waals surface area contributed by atoms with Crippen LogP contribution in [0.3, 0.4) is 0 Å². The maximum Gasteiger partial charge on any atom is 0.221 e. The molecule has 0 heterocycles. The molecule has 0 unspecified atom stereocenters. The summed E-state index contributed by atoms with van der Waals surface area (Å²) in [6.07, 6.45) is 2.30. The minimum Gasteiger partial charge on any atom is -0.356 e. The molecule has 118 valence electrons. The molecule has 0 atom stereocenters. The first-order chi connectivity index (χ1) is 10.1. The topological polar surface area (TPSA) is 44.4 Å². The zero-order valence-corrected chi connectivity index (χ0v) is 13.0. The summed E-state index contributed by atoms with van der Waals surface area (Å²) in [5.74, 6) is -0.124. The molecule has 0 aromatic heterocycles. The predicted octanol–water partition coefficient (Wildman–Crippen LogP) is 1.42. The van der Waals surface area contributed by atoms with Crippen molar-refractivity contribution in [1.29, 1.82) is 0 Å². The van der Waals surface area contributed by atoms with Crippen LogP contribution in [0.5, 0.6) is 0 Å². The maximum atomic E-state index is 12.7. The van der Waals surface area contributed by atoms with E-state index >= 15 is 0 Å². The van der Waals surface area contributed by atoms with Gasteiger partial charge in [0.1, 0.15) is 5.82 Å². The fourth-order valence-electron chi connectivity index (χ4n) is 1.92. The average molecular weight is 295 g/mol. The van der Waals surface area contributed by atoms with Crippen molar-refractivity contribution >= 4 is 5.91 Å². The van der Waals surface area contributed by atoms with E-state index in [0.717, 1.165) is 38.0 Å². The van der Waals surface area contributed by atoms with Crippen LogP contribution in [0.15, 0.2) is 24.3 Å². The van der Waals surface area contributed by atoms with Gasteiger partial charge in [0.15, 0.2) is 0 Å². The first-order valence-electron chi connectivity index (χ1n) is 7.44. The Morgan fingerprint density at radius 2 is 1.86 bits per heavy atom. The highest BCUT2D eigenvalue weighted by Crippen LogP contribution is 2.02. The van der Waals surface area contributed by atoms with Gasteiger partial charge < -0.3 is 15.5 Å². The summed E-state index contributed by atoms with van der Waals surface area (Å²) in [7, 11) is 4.04. The summed E-state index contributed by atoms with van der Waals surface area (Å²) in [5.41, 5.74) is 1.09. The monoisotopic (exact) mass is 295 g/mol. The molecule has 0 aliphatic heterocycles. The second kappa shape index (κ2) is 10.3. The highest BCUT2D eigenvalue weighted by Gasteiger charge is 2.00. The molecular weight excluding hydrogens is 269 g/mol. The van der Waals surface area contributed by atoms with Gasteiger partial charge in [-0.15, -0.1) is 0 Å². The molecule has 0 fully saturated rings. The van der Waals surface area contributed by atoms with Crippen molar-refractivity contribution in [2.24, 2.45) is 0 Å². The van der Waals surface area contributed by atoms with Crippen molar-refractivity contribution < 1.29 is 9.18 Å². The number of halogens is 1. The van der Waals surface area contributed by atoms with Crippen molar-refractivity contribution in [3.63, 3.8) is 0 Å². The Morgan fingerprint density at radius 3 is 2.52 bits per heavy atom. The van der Waals surface area contributed by atoms with Crippen LogP contribution in [0.25, 0.3) is 0 Å². The van der Waals surface area contributed by atoms with E-state index in [-0.39, 0.29) is 11.7 Å². The van der Waals surface area contributed by atoms with Gasteiger partial charge in [-0.05, 0) is 57.7 Å². The third-order valence-electron chi connectivity index (χ3n) is 3.14. The molecule has 1 amide bonds. The van der Waals surface area contributed by atoms with E-state index in [2.05, 4.69) is 15.5 Å². The summed E-state index contributed by atoms with van der Waals surface area (Å²) >= 11 is 0. The molecular formula is C16H26FN3O. The summed E-state index contributed by atoms with van der Waals surface area (Å²) in [6.45, 7) is 3.17. The van der Waals surface area contributed by atoms with Crippen LogP contribution < -0.4 is 10.6 Å². The second-order valence-corrected chi connectivity index (χ2v) is 5.38. The Morgan fingerprint density at radius 1 is 1.14 bits per heavy atom. The Hall–Kier alpha value is -1.46. The van der Waals surface area contributed by atoms with Crippen molar-refractivity contribution in [3.8, 4) is 0 Å². The molecule has 2 N–H and O–H groups in total. The molecule has 4 nitrogen and oxygen atoms in total. The fraction of sp³-hybridized carbons (Fsp3) is 0.562. The molecule has 5 heteroatoms. The van der Waals surface area contributed by atoms with Gasteiger partial charge in [-0.1, -0.05) is 12.1 Å². The zero-order valence-electron chi connectivity index (χ0n) is 13.0. The normalized spacial score (nSPS) is 10.9. The lowest BCUT2D eigenvalue weighted by molar-refractivity contribution is -0.121. The van der Waals surface area contributed by atoms with Gasteiger partial charge in [-0.25, -0.2) is 4.39 Å². The minimum atomic E-state index is -0.211. The molecule has 0 radical (unpaired) electrons. The Labute approximate surface area is 126 Å². The molecule has 1 aromatic rings. The first kappa shape index (κ1) is 17.6. The summed E-state index contributed by atoms with van der Waals surface area (Å²) < 4.78 is 12.7. The Kier molecular flexibility index (Phi) is 8.62. The highest BCUT2D eigenvalue weighted by molar-refractivity contribution is 5.75. The van der Waals surface area contributed by atoms with Gasteiger partial charge in [0.05, 0.1) is 0 Å². The first-order valence-corrected chi connectivity index (χ1v) is 7.44. The summed E-state index contributed by atoms with van der Waals surface area (Å²) in [6, 6.07) is 6.51. The molecule has 21 heavy (non-hydrogen) atoms. The number of nitrogens with zero attached hydrogens (tertiary/aromatic N) is 1. The summed E-state index contributed by atoms with van der Waals surface area (Å²) in [4.78, 5) is 13.7. The van der Waals surface area contributed by atoms with Crippen LogP contribution >= 0.6 is 0 Å². The molecule has 0 saturated heterocycles. The van der Waals surface area contributed by atoms with Crippen molar-refractivity contribution in [1.82, 2.24) is 15.5 Å². The lowest BCUT2D eigenvalue weighted by atomic mass is 10.1. The van der Waals surface area contributed by atoms with Crippen LogP contribution in [0.2, 0.25) is 0 Å². The van der Waals surface area contributed by atoms with E-state index < -0.39 is 0 Å². The number of carbonyl (C=O) groups excluding carboxylic acids is 1. The van der Waals surface area contributed by atoms with Crippen molar-refractivity contribution in [2.45, 2.75) is 19.3 Å².